The van der Waals surface area contributed by atoms with E-state index >= 15 is 0 Å². The molecule has 0 saturated carbocycles. The molecule has 0 radical (unpaired) electrons. The summed E-state index contributed by atoms with van der Waals surface area (Å²) < 4.78 is 1.64. The number of hydrogen-bond donors (Lipinski definition) is 0. The number of amides is 1. The van der Waals surface area contributed by atoms with Crippen molar-refractivity contribution in [3.05, 3.63) is 65.7 Å². The van der Waals surface area contributed by atoms with Crippen LogP contribution < -0.4 is 0 Å². The maximum atomic E-state index is 12.5. The van der Waals surface area contributed by atoms with Crippen LogP contribution in [0.15, 0.2) is 64.9 Å². The van der Waals surface area contributed by atoms with Crippen molar-refractivity contribution in [2.45, 2.75) is 18.5 Å². The summed E-state index contributed by atoms with van der Waals surface area (Å²) in [6, 6.07) is 17.8. The summed E-state index contributed by atoms with van der Waals surface area (Å²) in [5.41, 5.74) is 4.03. The van der Waals surface area contributed by atoms with Gasteiger partial charge in [-0.1, -0.05) is 59.8 Å². The Balaban J connectivity index is 1.41. The van der Waals surface area contributed by atoms with E-state index in [1.165, 1.54) is 16.8 Å². The minimum Gasteiger partial charge on any atom is -0.272 e. The highest BCUT2D eigenvalue weighted by atomic mass is 32.2. The first-order valence-corrected chi connectivity index (χ1v) is 9.61. The summed E-state index contributed by atoms with van der Waals surface area (Å²) in [6.45, 7) is 2.63. The van der Waals surface area contributed by atoms with Crippen LogP contribution in [-0.2, 0) is 4.79 Å². The molecule has 0 bridgehead atoms. The van der Waals surface area contributed by atoms with Crippen LogP contribution >= 0.6 is 11.8 Å². The lowest BCUT2D eigenvalue weighted by molar-refractivity contribution is -0.127. The number of hydrogen-bond acceptors (Lipinski definition) is 6. The van der Waals surface area contributed by atoms with Gasteiger partial charge < -0.3 is 0 Å². The average Bonchev–Trinajstić information content (AvgIpc) is 3.37. The topological polar surface area (TPSA) is 76.3 Å². The normalized spacial score (nSPS) is 13.7. The van der Waals surface area contributed by atoms with E-state index in [0.29, 0.717) is 11.7 Å². The molecule has 0 atom stereocenters. The first-order valence-electron chi connectivity index (χ1n) is 8.62. The van der Waals surface area contributed by atoms with Crippen molar-refractivity contribution in [3.8, 4) is 5.69 Å². The van der Waals surface area contributed by atoms with Gasteiger partial charge in [0.1, 0.15) is 0 Å². The van der Waals surface area contributed by atoms with Gasteiger partial charge in [-0.2, -0.15) is 9.78 Å². The minimum atomic E-state index is -0.0515. The Labute approximate surface area is 161 Å². The molecule has 0 fully saturated rings. The smallest absolute Gasteiger partial charge is 0.253 e. The second kappa shape index (κ2) is 7.71. The molecule has 0 N–H and O–H groups in total. The zero-order chi connectivity index (χ0) is 18.6. The summed E-state index contributed by atoms with van der Waals surface area (Å²) >= 11 is 1.31. The molecule has 2 heterocycles. The van der Waals surface area contributed by atoms with E-state index < -0.39 is 0 Å². The lowest BCUT2D eigenvalue weighted by Gasteiger charge is -2.10. The molecular formula is C19H18N6OS. The third-order valence-corrected chi connectivity index (χ3v) is 5.14. The molecule has 7 nitrogen and oxygen atoms in total. The average molecular weight is 378 g/mol. The van der Waals surface area contributed by atoms with Crippen LogP contribution in [-0.4, -0.2) is 49.1 Å². The first-order chi connectivity index (χ1) is 13.2. The molecule has 1 aliphatic rings. The van der Waals surface area contributed by atoms with Crippen LogP contribution in [0.2, 0.25) is 0 Å². The number of benzene rings is 2. The second-order valence-corrected chi connectivity index (χ2v) is 7.12. The highest BCUT2D eigenvalue weighted by Crippen LogP contribution is 2.20. The summed E-state index contributed by atoms with van der Waals surface area (Å²) in [5.74, 6) is 0.182. The van der Waals surface area contributed by atoms with E-state index in [1.54, 1.807) is 4.68 Å². The maximum Gasteiger partial charge on any atom is 0.253 e. The van der Waals surface area contributed by atoms with Crippen LogP contribution in [0.3, 0.4) is 0 Å². The van der Waals surface area contributed by atoms with Gasteiger partial charge in [0.05, 0.1) is 23.7 Å². The van der Waals surface area contributed by atoms with Crippen molar-refractivity contribution in [2.75, 3.05) is 12.3 Å². The molecule has 0 unspecified atom stereocenters. The summed E-state index contributed by atoms with van der Waals surface area (Å²) in [4.78, 5) is 12.5. The second-order valence-electron chi connectivity index (χ2n) is 6.18. The highest BCUT2D eigenvalue weighted by Gasteiger charge is 2.22. The third kappa shape index (κ3) is 3.90. The Hall–Kier alpha value is -3.00. The number of nitrogens with zero attached hydrogens (tertiary/aromatic N) is 6. The molecule has 136 valence electrons. The van der Waals surface area contributed by atoms with Crippen molar-refractivity contribution in [2.24, 2.45) is 5.10 Å². The molecule has 4 rings (SSSR count). The quantitative estimate of drug-likeness (QED) is 0.638. The van der Waals surface area contributed by atoms with Crippen LogP contribution in [0.5, 0.6) is 0 Å². The fraction of sp³-hybridized carbons (Fsp3) is 0.211. The zero-order valence-corrected chi connectivity index (χ0v) is 15.6. The SMILES string of the molecule is Cc1ccc(-n2nnnc2SCC(=O)N2CCC(c3ccccc3)=N2)cc1. The van der Waals surface area contributed by atoms with Crippen molar-refractivity contribution in [3.63, 3.8) is 0 Å². The van der Waals surface area contributed by atoms with Gasteiger partial charge in [-0.05, 0) is 35.0 Å². The van der Waals surface area contributed by atoms with Gasteiger partial charge in [0.2, 0.25) is 5.16 Å². The lowest BCUT2D eigenvalue weighted by Crippen LogP contribution is -2.25. The van der Waals surface area contributed by atoms with Gasteiger partial charge in [0.15, 0.2) is 0 Å². The fourth-order valence-electron chi connectivity index (χ4n) is 2.79. The highest BCUT2D eigenvalue weighted by molar-refractivity contribution is 7.99. The zero-order valence-electron chi connectivity index (χ0n) is 14.8. The predicted molar refractivity (Wildman–Crippen MR) is 104 cm³/mol. The first kappa shape index (κ1) is 17.4. The molecule has 3 aromatic rings. The Morgan fingerprint density at radius 1 is 1.11 bits per heavy atom. The number of carbonyl (C=O) groups excluding carboxylic acids is 1. The monoisotopic (exact) mass is 378 g/mol. The van der Waals surface area contributed by atoms with E-state index in [9.17, 15) is 4.79 Å². The summed E-state index contributed by atoms with van der Waals surface area (Å²) in [6.07, 6.45) is 0.765. The Bertz CT molecular complexity index is 967. The van der Waals surface area contributed by atoms with Crippen molar-refractivity contribution >= 4 is 23.4 Å². The largest absolute Gasteiger partial charge is 0.272 e. The molecule has 1 aliphatic heterocycles. The van der Waals surface area contributed by atoms with E-state index in [-0.39, 0.29) is 11.7 Å². The number of aromatic nitrogens is 4. The molecule has 0 saturated heterocycles. The predicted octanol–water partition coefficient (Wildman–Crippen LogP) is 2.70. The summed E-state index contributed by atoms with van der Waals surface area (Å²) in [7, 11) is 0. The number of thioether (sulfide) groups is 1. The number of tetrazole rings is 1. The number of hydrazone groups is 1. The number of carbonyl (C=O) groups is 1. The molecule has 2 aromatic carbocycles. The third-order valence-electron chi connectivity index (χ3n) is 4.24. The van der Waals surface area contributed by atoms with Crippen LogP contribution in [0.4, 0.5) is 0 Å². The summed E-state index contributed by atoms with van der Waals surface area (Å²) in [5, 5.41) is 18.4. The van der Waals surface area contributed by atoms with Gasteiger partial charge in [0.25, 0.3) is 5.91 Å². The Morgan fingerprint density at radius 3 is 2.67 bits per heavy atom. The van der Waals surface area contributed by atoms with Gasteiger partial charge >= 0.3 is 0 Å². The maximum absolute atomic E-state index is 12.5. The van der Waals surface area contributed by atoms with Gasteiger partial charge in [-0.15, -0.1) is 5.10 Å². The van der Waals surface area contributed by atoms with Crippen LogP contribution in [0, 0.1) is 6.92 Å². The van der Waals surface area contributed by atoms with E-state index in [0.717, 1.165) is 28.9 Å². The Kier molecular flexibility index (Phi) is 4.97. The van der Waals surface area contributed by atoms with Gasteiger partial charge in [-0.25, -0.2) is 5.01 Å². The Morgan fingerprint density at radius 2 is 1.89 bits per heavy atom. The van der Waals surface area contributed by atoms with E-state index in [1.807, 2.05) is 61.5 Å². The van der Waals surface area contributed by atoms with E-state index in [4.69, 9.17) is 0 Å². The van der Waals surface area contributed by atoms with Gasteiger partial charge in [-0.3, -0.25) is 4.79 Å². The lowest BCUT2D eigenvalue weighted by atomic mass is 10.1. The van der Waals surface area contributed by atoms with Crippen molar-refractivity contribution < 1.29 is 4.79 Å². The molecule has 1 amide bonds. The number of aryl methyl sites for hydroxylation is 1. The van der Waals surface area contributed by atoms with E-state index in [2.05, 4.69) is 20.6 Å². The van der Waals surface area contributed by atoms with Crippen molar-refractivity contribution in [1.29, 1.82) is 0 Å². The molecule has 1 aromatic heterocycles. The fourth-order valence-corrected chi connectivity index (χ4v) is 3.55. The number of rotatable bonds is 5. The van der Waals surface area contributed by atoms with Crippen LogP contribution in [0.25, 0.3) is 5.69 Å². The molecule has 0 aliphatic carbocycles. The van der Waals surface area contributed by atoms with Gasteiger partial charge in [0, 0.05) is 6.42 Å². The standard InChI is InChI=1S/C19H18N6OS/c1-14-7-9-16(10-8-14)25-19(20-22-23-25)27-13-18(26)24-12-11-17(21-24)15-5-3-2-4-6-15/h2-10H,11-13H2,1H3. The molecule has 0 spiro atoms. The van der Waals surface area contributed by atoms with Crippen molar-refractivity contribution in [1.82, 2.24) is 25.2 Å². The molecular weight excluding hydrogens is 360 g/mol. The van der Waals surface area contributed by atoms with Crippen LogP contribution in [0.1, 0.15) is 17.5 Å². The molecule has 27 heavy (non-hydrogen) atoms. The molecule has 8 heteroatoms. The minimum absolute atomic E-state index is 0.0515.